The molecule has 0 bridgehead atoms. The summed E-state index contributed by atoms with van der Waals surface area (Å²) in [5.41, 5.74) is 0.627. The maximum absolute atomic E-state index is 8.95. The summed E-state index contributed by atoms with van der Waals surface area (Å²) >= 11 is 3.09. The van der Waals surface area contributed by atoms with Gasteiger partial charge in [-0.1, -0.05) is 6.07 Å². The first kappa shape index (κ1) is 9.13. The van der Waals surface area contributed by atoms with Crippen LogP contribution in [0.3, 0.4) is 0 Å². The van der Waals surface area contributed by atoms with E-state index in [0.717, 1.165) is 9.88 Å². The maximum atomic E-state index is 8.95. The van der Waals surface area contributed by atoms with Gasteiger partial charge in [0, 0.05) is 16.5 Å². The van der Waals surface area contributed by atoms with Crippen molar-refractivity contribution in [3.63, 3.8) is 0 Å². The smallest absolute Gasteiger partial charge is 0.133 e. The highest BCUT2D eigenvalue weighted by atomic mass is 32.1. The number of hydrogen-bond acceptors (Lipinski definition) is 4. The lowest BCUT2D eigenvalue weighted by atomic mass is 10.2. The molecule has 0 atom stereocenters. The van der Waals surface area contributed by atoms with Crippen molar-refractivity contribution >= 4 is 34.3 Å². The zero-order valence-electron chi connectivity index (χ0n) is 7.18. The molecule has 2 heterocycles. The van der Waals surface area contributed by atoms with Gasteiger partial charge >= 0.3 is 0 Å². The Morgan fingerprint density at radius 1 is 1.43 bits per heavy atom. The monoisotopic (exact) mass is 218 g/mol. The minimum Gasteiger partial charge on any atom is -0.244 e. The Kier molecular flexibility index (Phi) is 2.73. The molecule has 0 aromatic carbocycles. The number of allylic oxidation sites excluding steroid dienone is 1. The Balaban J connectivity index is 2.37. The third kappa shape index (κ3) is 1.90. The minimum absolute atomic E-state index is 0.627. The molecule has 4 heteroatoms. The molecule has 2 aromatic rings. The predicted molar refractivity (Wildman–Crippen MR) is 59.9 cm³/mol. The predicted octanol–water partition coefficient (Wildman–Crippen LogP) is 3.27. The largest absolute Gasteiger partial charge is 0.244 e. The van der Waals surface area contributed by atoms with Gasteiger partial charge in [-0.05, 0) is 17.5 Å². The van der Waals surface area contributed by atoms with Crippen LogP contribution in [-0.4, -0.2) is 4.98 Å². The molecule has 0 amide bonds. The van der Waals surface area contributed by atoms with Gasteiger partial charge in [0.05, 0.1) is 5.57 Å². The average Bonchev–Trinajstić information content (AvgIpc) is 2.86. The van der Waals surface area contributed by atoms with E-state index >= 15 is 0 Å². The lowest BCUT2D eigenvalue weighted by Gasteiger charge is -1.89. The van der Waals surface area contributed by atoms with Gasteiger partial charge in [-0.2, -0.15) is 5.26 Å². The van der Waals surface area contributed by atoms with Gasteiger partial charge in [0.15, 0.2) is 0 Å². The highest BCUT2D eigenvalue weighted by molar-refractivity contribution is 7.11. The molecule has 0 aliphatic carbocycles. The molecule has 0 saturated heterocycles. The third-order valence-corrected chi connectivity index (χ3v) is 3.24. The minimum atomic E-state index is 0.627. The molecule has 2 rings (SSSR count). The van der Waals surface area contributed by atoms with Crippen LogP contribution in [-0.2, 0) is 0 Å². The quantitative estimate of drug-likeness (QED) is 0.725. The van der Waals surface area contributed by atoms with E-state index < -0.39 is 0 Å². The number of thiazole rings is 1. The molecule has 14 heavy (non-hydrogen) atoms. The van der Waals surface area contributed by atoms with Crippen LogP contribution in [0.4, 0.5) is 0 Å². The zero-order chi connectivity index (χ0) is 9.80. The Hall–Kier alpha value is -1.44. The molecule has 0 aliphatic rings. The van der Waals surface area contributed by atoms with Crippen LogP contribution in [0, 0.1) is 11.3 Å². The fourth-order valence-electron chi connectivity index (χ4n) is 1.01. The summed E-state index contributed by atoms with van der Waals surface area (Å²) in [6, 6.07) is 6.11. The van der Waals surface area contributed by atoms with Crippen molar-refractivity contribution in [2.24, 2.45) is 0 Å². The van der Waals surface area contributed by atoms with E-state index in [4.69, 9.17) is 5.26 Å². The number of nitriles is 1. The van der Waals surface area contributed by atoms with Crippen molar-refractivity contribution in [2.45, 2.75) is 0 Å². The summed E-state index contributed by atoms with van der Waals surface area (Å²) in [5, 5.41) is 13.6. The molecule has 0 N–H and O–H groups in total. The fraction of sp³-hybridized carbons (Fsp3) is 0. The summed E-state index contributed by atoms with van der Waals surface area (Å²) in [6.45, 7) is 0. The Morgan fingerprint density at radius 2 is 2.36 bits per heavy atom. The molecular weight excluding hydrogens is 212 g/mol. The topological polar surface area (TPSA) is 36.7 Å². The molecule has 68 valence electrons. The van der Waals surface area contributed by atoms with Crippen LogP contribution >= 0.6 is 22.7 Å². The van der Waals surface area contributed by atoms with E-state index in [-0.39, 0.29) is 0 Å². The van der Waals surface area contributed by atoms with Crippen molar-refractivity contribution in [3.8, 4) is 6.07 Å². The molecule has 0 aliphatic heterocycles. The maximum Gasteiger partial charge on any atom is 0.133 e. The van der Waals surface area contributed by atoms with E-state index in [1.165, 1.54) is 11.3 Å². The second-order valence-electron chi connectivity index (χ2n) is 2.52. The van der Waals surface area contributed by atoms with Gasteiger partial charge in [0.1, 0.15) is 11.1 Å². The van der Waals surface area contributed by atoms with Crippen LogP contribution in [0.5, 0.6) is 0 Å². The van der Waals surface area contributed by atoms with Gasteiger partial charge in [-0.25, -0.2) is 4.98 Å². The first-order valence-corrected chi connectivity index (χ1v) is 5.71. The standard InChI is InChI=1S/C10H6N2S2/c11-7-8(10-12-3-5-14-10)6-9-2-1-4-13-9/h1-6H/b8-6-. The zero-order valence-corrected chi connectivity index (χ0v) is 8.81. The van der Waals surface area contributed by atoms with Crippen LogP contribution in [0.1, 0.15) is 9.88 Å². The second-order valence-corrected chi connectivity index (χ2v) is 4.40. The van der Waals surface area contributed by atoms with Crippen molar-refractivity contribution in [1.29, 1.82) is 5.26 Å². The van der Waals surface area contributed by atoms with Crippen molar-refractivity contribution < 1.29 is 0 Å². The highest BCUT2D eigenvalue weighted by Crippen LogP contribution is 2.21. The first-order chi connectivity index (χ1) is 6.90. The fourth-order valence-corrected chi connectivity index (χ4v) is 2.28. The summed E-state index contributed by atoms with van der Waals surface area (Å²) in [6.07, 6.45) is 3.57. The van der Waals surface area contributed by atoms with Gasteiger partial charge in [-0.15, -0.1) is 22.7 Å². The third-order valence-electron chi connectivity index (χ3n) is 1.61. The van der Waals surface area contributed by atoms with E-state index in [2.05, 4.69) is 11.1 Å². The molecule has 0 radical (unpaired) electrons. The number of hydrogen-bond donors (Lipinski definition) is 0. The first-order valence-electron chi connectivity index (χ1n) is 3.95. The van der Waals surface area contributed by atoms with E-state index in [1.54, 1.807) is 17.5 Å². The van der Waals surface area contributed by atoms with Gasteiger partial charge in [-0.3, -0.25) is 0 Å². The van der Waals surface area contributed by atoms with Crippen LogP contribution in [0.15, 0.2) is 29.1 Å². The highest BCUT2D eigenvalue weighted by Gasteiger charge is 2.03. The second kappa shape index (κ2) is 4.18. The normalized spacial score (nSPS) is 11.2. The molecule has 0 fully saturated rings. The van der Waals surface area contributed by atoms with Crippen LogP contribution in [0.2, 0.25) is 0 Å². The summed E-state index contributed by atoms with van der Waals surface area (Å²) in [5.74, 6) is 0. The van der Waals surface area contributed by atoms with E-state index in [0.29, 0.717) is 5.57 Å². The molecule has 2 aromatic heterocycles. The number of aromatic nitrogens is 1. The van der Waals surface area contributed by atoms with Gasteiger partial charge in [0.2, 0.25) is 0 Å². The van der Waals surface area contributed by atoms with Gasteiger partial charge in [0.25, 0.3) is 0 Å². The lowest BCUT2D eigenvalue weighted by Crippen LogP contribution is -1.77. The number of thiophene rings is 1. The Bertz CT molecular complexity index is 461. The lowest BCUT2D eigenvalue weighted by molar-refractivity contribution is 1.38. The molecule has 0 unspecified atom stereocenters. The number of nitrogens with zero attached hydrogens (tertiary/aromatic N) is 2. The Morgan fingerprint density at radius 3 is 2.93 bits per heavy atom. The summed E-state index contributed by atoms with van der Waals surface area (Å²) in [4.78, 5) is 5.18. The Labute approximate surface area is 89.8 Å². The van der Waals surface area contributed by atoms with E-state index in [9.17, 15) is 0 Å². The van der Waals surface area contributed by atoms with Crippen LogP contribution in [0.25, 0.3) is 11.6 Å². The van der Waals surface area contributed by atoms with E-state index in [1.807, 2.05) is 29.0 Å². The summed E-state index contributed by atoms with van der Waals surface area (Å²) in [7, 11) is 0. The summed E-state index contributed by atoms with van der Waals surface area (Å²) < 4.78 is 0. The molecule has 0 saturated carbocycles. The van der Waals surface area contributed by atoms with Gasteiger partial charge < -0.3 is 0 Å². The molecule has 0 spiro atoms. The molecular formula is C10H6N2S2. The van der Waals surface area contributed by atoms with Crippen molar-refractivity contribution in [3.05, 3.63) is 39.0 Å². The molecule has 2 nitrogen and oxygen atoms in total. The average molecular weight is 218 g/mol. The number of rotatable bonds is 2. The van der Waals surface area contributed by atoms with Crippen molar-refractivity contribution in [2.75, 3.05) is 0 Å². The SMILES string of the molecule is N#C/C(=C/c1cccs1)c1nccs1. The van der Waals surface area contributed by atoms with Crippen molar-refractivity contribution in [1.82, 2.24) is 4.98 Å². The van der Waals surface area contributed by atoms with Crippen LogP contribution < -0.4 is 0 Å².